The van der Waals surface area contributed by atoms with Gasteiger partial charge < -0.3 is 10.1 Å². The van der Waals surface area contributed by atoms with Gasteiger partial charge in [0.15, 0.2) is 5.78 Å². The molecule has 0 saturated carbocycles. The van der Waals surface area contributed by atoms with Gasteiger partial charge in [-0.3, -0.25) is 9.59 Å². The number of carbonyl (C=O) groups excluding carboxylic acids is 2. The number of Topliss-reactive ketones (excluding diaryl/α,β-unsaturated/α-hetero) is 1. The minimum atomic E-state index is -4.56. The largest absolute Gasteiger partial charge is 0.442 e. The lowest BCUT2D eigenvalue weighted by atomic mass is 9.98. The van der Waals surface area contributed by atoms with Gasteiger partial charge in [-0.1, -0.05) is 24.3 Å². The molecule has 0 radical (unpaired) electrons. The highest BCUT2D eigenvalue weighted by atomic mass is 19.4. The molecule has 1 aromatic carbocycles. The van der Waals surface area contributed by atoms with Crippen molar-refractivity contribution < 1.29 is 27.5 Å². The number of hydrogen-bond donors (Lipinski definition) is 1. The molecule has 0 bridgehead atoms. The normalized spacial score (nSPS) is 16.4. The smallest absolute Gasteiger partial charge is 0.382 e. The first-order chi connectivity index (χ1) is 11.7. The van der Waals surface area contributed by atoms with Gasteiger partial charge in [-0.2, -0.15) is 13.2 Å². The maximum absolute atomic E-state index is 12.9. The molecule has 6 nitrogen and oxygen atoms in total. The van der Waals surface area contributed by atoms with Crippen LogP contribution in [0.25, 0.3) is 0 Å². The van der Waals surface area contributed by atoms with Gasteiger partial charge in [-0.15, -0.1) is 10.2 Å². The fraction of sp³-hybridized carbons (Fsp3) is 0.500. The summed E-state index contributed by atoms with van der Waals surface area (Å²) in [6, 6.07) is 4.92. The summed E-state index contributed by atoms with van der Waals surface area (Å²) in [7, 11) is 1.42. The molecule has 0 aliphatic carbocycles. The Morgan fingerprint density at radius 3 is 2.28 bits per heavy atom. The van der Waals surface area contributed by atoms with Gasteiger partial charge in [0.05, 0.1) is 6.61 Å². The number of ether oxygens (including phenoxy) is 1. The van der Waals surface area contributed by atoms with Crippen LogP contribution in [0, 0.1) is 0 Å². The number of nitrogens with one attached hydrogen (secondary N) is 1. The highest BCUT2D eigenvalue weighted by Crippen LogP contribution is 2.52. The average molecular weight is 357 g/mol. The van der Waals surface area contributed by atoms with Crippen LogP contribution in [0.4, 0.5) is 13.2 Å². The number of rotatable bonds is 8. The van der Waals surface area contributed by atoms with Crippen molar-refractivity contribution in [3.8, 4) is 0 Å². The fourth-order valence-electron chi connectivity index (χ4n) is 2.42. The zero-order valence-corrected chi connectivity index (χ0v) is 13.8. The minimum Gasteiger partial charge on any atom is -0.382 e. The Morgan fingerprint density at radius 2 is 1.84 bits per heavy atom. The van der Waals surface area contributed by atoms with Gasteiger partial charge in [0, 0.05) is 26.0 Å². The Morgan fingerprint density at radius 1 is 1.24 bits per heavy atom. The third-order valence-electron chi connectivity index (χ3n) is 3.81. The molecule has 25 heavy (non-hydrogen) atoms. The number of methoxy groups -OCH3 is 1. The zero-order chi connectivity index (χ0) is 18.7. The third kappa shape index (κ3) is 4.41. The van der Waals surface area contributed by atoms with Crippen LogP contribution in [-0.4, -0.2) is 37.6 Å². The SMILES string of the molecule is COC[C@@H](NC(C)=O)C(=O)CCc1ccc(C2(C(F)(F)F)N=N2)cc1. The predicted molar refractivity (Wildman–Crippen MR) is 81.8 cm³/mol. The molecule has 9 heteroatoms. The summed E-state index contributed by atoms with van der Waals surface area (Å²) in [6.07, 6.45) is -4.09. The number of aryl methyl sites for hydroxylation is 1. The summed E-state index contributed by atoms with van der Waals surface area (Å²) in [5.41, 5.74) is -1.78. The monoisotopic (exact) mass is 357 g/mol. The van der Waals surface area contributed by atoms with Crippen LogP contribution < -0.4 is 5.32 Å². The van der Waals surface area contributed by atoms with Crippen molar-refractivity contribution in [3.63, 3.8) is 0 Å². The first-order valence-corrected chi connectivity index (χ1v) is 7.58. The van der Waals surface area contributed by atoms with Crippen LogP contribution in [0.3, 0.4) is 0 Å². The van der Waals surface area contributed by atoms with Gasteiger partial charge in [-0.25, -0.2) is 0 Å². The van der Waals surface area contributed by atoms with E-state index in [-0.39, 0.29) is 30.3 Å². The fourth-order valence-corrected chi connectivity index (χ4v) is 2.42. The van der Waals surface area contributed by atoms with Crippen molar-refractivity contribution >= 4 is 11.7 Å². The molecule has 2 rings (SSSR count). The molecule has 0 unspecified atom stereocenters. The summed E-state index contributed by atoms with van der Waals surface area (Å²) < 4.78 is 43.7. The summed E-state index contributed by atoms with van der Waals surface area (Å²) in [5, 5.41) is 8.79. The number of alkyl halides is 3. The summed E-state index contributed by atoms with van der Waals surface area (Å²) in [4.78, 5) is 23.2. The van der Waals surface area contributed by atoms with Crippen molar-refractivity contribution in [1.82, 2.24) is 5.32 Å². The minimum absolute atomic E-state index is 0.0504. The third-order valence-corrected chi connectivity index (χ3v) is 3.81. The molecule has 1 N–H and O–H groups in total. The van der Waals surface area contributed by atoms with Crippen LogP contribution in [0.1, 0.15) is 24.5 Å². The topological polar surface area (TPSA) is 80.1 Å². The van der Waals surface area contributed by atoms with Gasteiger partial charge in [0.2, 0.25) is 5.91 Å². The molecular weight excluding hydrogens is 339 g/mol. The first-order valence-electron chi connectivity index (χ1n) is 7.58. The molecule has 0 aromatic heterocycles. The van der Waals surface area contributed by atoms with E-state index < -0.39 is 17.9 Å². The Bertz CT molecular complexity index is 665. The maximum Gasteiger partial charge on any atom is 0.442 e. The lowest BCUT2D eigenvalue weighted by Crippen LogP contribution is -2.43. The summed E-state index contributed by atoms with van der Waals surface area (Å²) in [5.74, 6) is -0.547. The molecule has 1 atom stereocenters. The molecule has 136 valence electrons. The van der Waals surface area contributed by atoms with E-state index in [1.54, 1.807) is 0 Å². The van der Waals surface area contributed by atoms with Crippen LogP contribution in [0.2, 0.25) is 0 Å². The van der Waals surface area contributed by atoms with E-state index in [9.17, 15) is 22.8 Å². The quantitative estimate of drug-likeness (QED) is 0.776. The second kappa shape index (κ2) is 7.30. The molecule has 1 aliphatic rings. The highest BCUT2D eigenvalue weighted by molar-refractivity contribution is 5.88. The van der Waals surface area contributed by atoms with E-state index in [1.807, 2.05) is 0 Å². The number of carbonyl (C=O) groups is 2. The van der Waals surface area contributed by atoms with Gasteiger partial charge in [0.25, 0.3) is 0 Å². The number of nitrogens with zero attached hydrogens (tertiary/aromatic N) is 2. The first kappa shape index (κ1) is 19.0. The van der Waals surface area contributed by atoms with Crippen molar-refractivity contribution in [2.45, 2.75) is 37.6 Å². The van der Waals surface area contributed by atoms with Gasteiger partial charge in [-0.05, 0) is 12.0 Å². The Hall–Kier alpha value is -2.29. The Labute approximate surface area is 142 Å². The van der Waals surface area contributed by atoms with Crippen LogP contribution in [0.15, 0.2) is 34.5 Å². The summed E-state index contributed by atoms with van der Waals surface area (Å²) in [6.45, 7) is 1.37. The molecule has 1 aliphatic heterocycles. The molecular formula is C16H18F3N3O3. The Balaban J connectivity index is 1.95. The van der Waals surface area contributed by atoms with E-state index in [0.29, 0.717) is 12.0 Å². The molecule has 0 saturated heterocycles. The van der Waals surface area contributed by atoms with Crippen molar-refractivity contribution in [3.05, 3.63) is 35.4 Å². The lowest BCUT2D eigenvalue weighted by Gasteiger charge is -2.16. The number of ketones is 1. The molecule has 1 heterocycles. The second-order valence-electron chi connectivity index (χ2n) is 5.74. The second-order valence-corrected chi connectivity index (χ2v) is 5.74. The van der Waals surface area contributed by atoms with E-state index >= 15 is 0 Å². The van der Waals surface area contributed by atoms with E-state index in [1.165, 1.54) is 38.3 Å². The van der Waals surface area contributed by atoms with E-state index in [0.717, 1.165) is 0 Å². The number of benzene rings is 1. The standard InChI is InChI=1S/C16H18F3N3O3/c1-10(23)20-13(9-25-2)14(24)8-5-11-3-6-12(7-4-11)15(21-22-15)16(17,18)19/h3-4,6-7,13H,5,8-9H2,1-2H3,(H,20,23)/t13-/m1/s1. The average Bonchev–Trinajstić information content (AvgIpc) is 3.34. The number of hydrogen-bond acceptors (Lipinski definition) is 5. The van der Waals surface area contributed by atoms with Crippen molar-refractivity contribution in [2.75, 3.05) is 13.7 Å². The van der Waals surface area contributed by atoms with Gasteiger partial charge in [0.1, 0.15) is 6.04 Å². The maximum atomic E-state index is 12.9. The van der Waals surface area contributed by atoms with Crippen molar-refractivity contribution in [2.24, 2.45) is 10.2 Å². The van der Waals surface area contributed by atoms with Crippen LogP contribution in [-0.2, 0) is 26.4 Å². The van der Waals surface area contributed by atoms with E-state index in [2.05, 4.69) is 15.5 Å². The lowest BCUT2D eigenvalue weighted by molar-refractivity contribution is -0.166. The van der Waals surface area contributed by atoms with Crippen LogP contribution >= 0.6 is 0 Å². The zero-order valence-electron chi connectivity index (χ0n) is 13.8. The molecule has 1 aromatic rings. The Kier molecular flexibility index (Phi) is 5.56. The number of halogens is 3. The molecule has 1 amide bonds. The molecule has 0 fully saturated rings. The highest BCUT2D eigenvalue weighted by Gasteiger charge is 2.65. The summed E-state index contributed by atoms with van der Waals surface area (Å²) >= 11 is 0. The van der Waals surface area contributed by atoms with Gasteiger partial charge >= 0.3 is 11.8 Å². The predicted octanol–water partition coefficient (Wildman–Crippen LogP) is 2.52. The van der Waals surface area contributed by atoms with Crippen LogP contribution in [0.5, 0.6) is 0 Å². The number of amides is 1. The molecule has 0 spiro atoms. The van der Waals surface area contributed by atoms with E-state index in [4.69, 9.17) is 4.74 Å². The van der Waals surface area contributed by atoms with Crippen molar-refractivity contribution in [1.29, 1.82) is 0 Å².